The van der Waals surface area contributed by atoms with Crippen molar-refractivity contribution in [1.82, 2.24) is 5.16 Å². The number of anilines is 1. The molecule has 0 atom stereocenters. The number of aryl methyl sites for hydroxylation is 2. The second-order valence-corrected chi connectivity index (χ2v) is 7.63. The van der Waals surface area contributed by atoms with Crippen LogP contribution in [-0.4, -0.2) is 30.9 Å². The lowest BCUT2D eigenvalue weighted by Crippen LogP contribution is -2.13. The maximum absolute atomic E-state index is 12.4. The van der Waals surface area contributed by atoms with E-state index in [1.807, 2.05) is 44.2 Å². The van der Waals surface area contributed by atoms with Crippen LogP contribution in [-0.2, 0) is 4.79 Å². The molecule has 0 bridgehead atoms. The van der Waals surface area contributed by atoms with E-state index in [1.54, 1.807) is 25.1 Å². The van der Waals surface area contributed by atoms with Crippen LogP contribution in [0.5, 0.6) is 17.2 Å². The van der Waals surface area contributed by atoms with E-state index in [2.05, 4.69) is 10.5 Å². The molecule has 34 heavy (non-hydrogen) atoms. The third kappa shape index (κ3) is 6.77. The van der Waals surface area contributed by atoms with Gasteiger partial charge in [0.25, 0.3) is 5.91 Å². The standard InChI is InChI=1S/C25H24ClN3O5/c1-4-31-22-14-18(12-19(15-27)25(30)28-23-11-17(3)34-29-23)13-21(26)24(22)33-9-8-32-20-7-5-6-16(2)10-20/h5-7,10-14H,4,8-9H2,1-3H3,(H,28,29,30). The third-order valence-corrected chi connectivity index (χ3v) is 4.75. The van der Waals surface area contributed by atoms with Crippen LogP contribution in [0.4, 0.5) is 5.82 Å². The molecule has 2 aromatic carbocycles. The minimum absolute atomic E-state index is 0.139. The highest BCUT2D eigenvalue weighted by Crippen LogP contribution is 2.37. The van der Waals surface area contributed by atoms with Gasteiger partial charge in [-0.15, -0.1) is 0 Å². The number of aromatic nitrogens is 1. The summed E-state index contributed by atoms with van der Waals surface area (Å²) in [6.07, 6.45) is 1.40. The number of benzene rings is 2. The van der Waals surface area contributed by atoms with Gasteiger partial charge >= 0.3 is 0 Å². The van der Waals surface area contributed by atoms with Gasteiger partial charge in [-0.1, -0.05) is 28.9 Å². The molecular formula is C25H24ClN3O5. The number of hydrogen-bond acceptors (Lipinski definition) is 7. The van der Waals surface area contributed by atoms with Gasteiger partial charge in [-0.2, -0.15) is 5.26 Å². The Bertz CT molecular complexity index is 1230. The SMILES string of the molecule is CCOc1cc(C=C(C#N)C(=O)Nc2cc(C)on2)cc(Cl)c1OCCOc1cccc(C)c1. The van der Waals surface area contributed by atoms with Crippen LogP contribution in [0, 0.1) is 25.2 Å². The fraction of sp³-hybridized carbons (Fsp3) is 0.240. The largest absolute Gasteiger partial charge is 0.490 e. The Morgan fingerprint density at radius 3 is 2.65 bits per heavy atom. The van der Waals surface area contributed by atoms with Crippen LogP contribution >= 0.6 is 11.6 Å². The number of amides is 1. The number of rotatable bonds is 10. The quantitative estimate of drug-likeness (QED) is 0.236. The van der Waals surface area contributed by atoms with Gasteiger partial charge in [0.15, 0.2) is 17.3 Å². The molecule has 9 heteroatoms. The molecule has 3 aromatic rings. The summed E-state index contributed by atoms with van der Waals surface area (Å²) in [5, 5.41) is 15.9. The molecule has 1 aromatic heterocycles. The number of ether oxygens (including phenoxy) is 3. The average molecular weight is 482 g/mol. The highest BCUT2D eigenvalue weighted by molar-refractivity contribution is 6.32. The first kappa shape index (κ1) is 24.7. The van der Waals surface area contributed by atoms with Gasteiger partial charge < -0.3 is 24.1 Å². The topological polar surface area (TPSA) is 107 Å². The molecule has 0 aliphatic rings. The first-order valence-electron chi connectivity index (χ1n) is 10.5. The molecule has 0 radical (unpaired) electrons. The average Bonchev–Trinajstić information content (AvgIpc) is 3.21. The van der Waals surface area contributed by atoms with Crippen molar-refractivity contribution < 1.29 is 23.5 Å². The number of nitrogens with zero attached hydrogens (tertiary/aromatic N) is 2. The van der Waals surface area contributed by atoms with Crippen LogP contribution in [0.1, 0.15) is 23.8 Å². The summed E-state index contributed by atoms with van der Waals surface area (Å²) in [7, 11) is 0. The van der Waals surface area contributed by atoms with E-state index in [0.29, 0.717) is 36.0 Å². The molecule has 0 fully saturated rings. The Morgan fingerprint density at radius 1 is 1.18 bits per heavy atom. The summed E-state index contributed by atoms with van der Waals surface area (Å²) in [5.41, 5.74) is 1.46. The van der Waals surface area contributed by atoms with Crippen LogP contribution in [0.2, 0.25) is 5.02 Å². The monoisotopic (exact) mass is 481 g/mol. The predicted octanol–water partition coefficient (Wildman–Crippen LogP) is 5.35. The highest BCUT2D eigenvalue weighted by atomic mass is 35.5. The Kier molecular flexibility index (Phi) is 8.54. The molecule has 0 spiro atoms. The van der Waals surface area contributed by atoms with Crippen LogP contribution < -0.4 is 19.5 Å². The van der Waals surface area contributed by atoms with Crippen molar-refractivity contribution in [2.24, 2.45) is 0 Å². The van der Waals surface area contributed by atoms with Crippen LogP contribution in [0.25, 0.3) is 6.08 Å². The van der Waals surface area contributed by atoms with Gasteiger partial charge in [0.1, 0.15) is 36.4 Å². The molecule has 0 unspecified atom stereocenters. The smallest absolute Gasteiger partial charge is 0.267 e. The second-order valence-electron chi connectivity index (χ2n) is 7.22. The van der Waals surface area contributed by atoms with Gasteiger partial charge in [-0.25, -0.2) is 0 Å². The summed E-state index contributed by atoms with van der Waals surface area (Å²) in [6, 6.07) is 14.4. The van der Waals surface area contributed by atoms with E-state index >= 15 is 0 Å². The van der Waals surface area contributed by atoms with Crippen molar-refractivity contribution in [3.63, 3.8) is 0 Å². The molecule has 1 heterocycles. The number of halogens is 1. The molecular weight excluding hydrogens is 458 g/mol. The van der Waals surface area contributed by atoms with Gasteiger partial charge in [0.2, 0.25) is 0 Å². The number of carbonyl (C=O) groups excluding carboxylic acids is 1. The lowest BCUT2D eigenvalue weighted by atomic mass is 10.1. The summed E-state index contributed by atoms with van der Waals surface area (Å²) < 4.78 is 22.1. The molecule has 1 N–H and O–H groups in total. The number of hydrogen-bond donors (Lipinski definition) is 1. The van der Waals surface area contributed by atoms with E-state index in [1.165, 1.54) is 6.08 Å². The van der Waals surface area contributed by atoms with Gasteiger partial charge in [0, 0.05) is 6.07 Å². The minimum Gasteiger partial charge on any atom is -0.490 e. The summed E-state index contributed by atoms with van der Waals surface area (Å²) >= 11 is 6.44. The second kappa shape index (κ2) is 11.8. The van der Waals surface area contributed by atoms with Crippen molar-refractivity contribution >= 4 is 29.4 Å². The summed E-state index contributed by atoms with van der Waals surface area (Å²) in [6.45, 7) is 6.44. The Balaban J connectivity index is 1.72. The van der Waals surface area contributed by atoms with Gasteiger partial charge in [-0.3, -0.25) is 4.79 Å². The zero-order chi connectivity index (χ0) is 24.5. The third-order valence-electron chi connectivity index (χ3n) is 4.47. The molecule has 3 rings (SSSR count). The first-order valence-corrected chi connectivity index (χ1v) is 10.9. The lowest BCUT2D eigenvalue weighted by molar-refractivity contribution is -0.112. The normalized spacial score (nSPS) is 11.0. The maximum Gasteiger partial charge on any atom is 0.267 e. The van der Waals surface area contributed by atoms with Crippen molar-refractivity contribution in [2.75, 3.05) is 25.1 Å². The molecule has 8 nitrogen and oxygen atoms in total. The predicted molar refractivity (Wildman–Crippen MR) is 128 cm³/mol. The molecule has 0 saturated heterocycles. The maximum atomic E-state index is 12.4. The van der Waals surface area contributed by atoms with Crippen LogP contribution in [0.15, 0.2) is 52.6 Å². The molecule has 176 valence electrons. The zero-order valence-corrected chi connectivity index (χ0v) is 19.8. The molecule has 0 aliphatic heterocycles. The summed E-state index contributed by atoms with van der Waals surface area (Å²) in [5.74, 6) is 1.62. The molecule has 0 aliphatic carbocycles. The zero-order valence-electron chi connectivity index (χ0n) is 19.1. The Hall–Kier alpha value is -3.96. The van der Waals surface area contributed by atoms with Gasteiger partial charge in [-0.05, 0) is 62.2 Å². The lowest BCUT2D eigenvalue weighted by Gasteiger charge is -2.15. The fourth-order valence-corrected chi connectivity index (χ4v) is 3.28. The van der Waals surface area contributed by atoms with E-state index in [0.717, 1.165) is 11.3 Å². The Labute approximate surface area is 202 Å². The summed E-state index contributed by atoms with van der Waals surface area (Å²) in [4.78, 5) is 12.4. The van der Waals surface area contributed by atoms with E-state index in [4.69, 9.17) is 30.3 Å². The van der Waals surface area contributed by atoms with Crippen molar-refractivity contribution in [2.45, 2.75) is 20.8 Å². The minimum atomic E-state index is -0.626. The number of nitriles is 1. The number of nitrogens with one attached hydrogen (secondary N) is 1. The van der Waals surface area contributed by atoms with E-state index in [9.17, 15) is 10.1 Å². The highest BCUT2D eigenvalue weighted by Gasteiger charge is 2.16. The number of carbonyl (C=O) groups is 1. The van der Waals surface area contributed by atoms with Crippen molar-refractivity contribution in [1.29, 1.82) is 5.26 Å². The first-order chi connectivity index (χ1) is 16.4. The molecule has 0 saturated carbocycles. The molecule has 1 amide bonds. The fourth-order valence-electron chi connectivity index (χ4n) is 3.01. The Morgan fingerprint density at radius 2 is 1.97 bits per heavy atom. The van der Waals surface area contributed by atoms with E-state index < -0.39 is 5.91 Å². The van der Waals surface area contributed by atoms with Crippen LogP contribution in [0.3, 0.4) is 0 Å². The van der Waals surface area contributed by atoms with Gasteiger partial charge in [0.05, 0.1) is 11.6 Å². The van der Waals surface area contributed by atoms with Crippen molar-refractivity contribution in [3.05, 3.63) is 69.9 Å². The van der Waals surface area contributed by atoms with E-state index in [-0.39, 0.29) is 23.0 Å². The van der Waals surface area contributed by atoms with Crippen molar-refractivity contribution in [3.8, 4) is 23.3 Å².